The van der Waals surface area contributed by atoms with Gasteiger partial charge in [0.15, 0.2) is 5.65 Å². The molecule has 6 rings (SSSR count). The van der Waals surface area contributed by atoms with Crippen molar-refractivity contribution >= 4 is 16.4 Å². The first-order valence-electron chi connectivity index (χ1n) is 10.8. The van der Waals surface area contributed by atoms with E-state index in [4.69, 9.17) is 5.73 Å². The number of halogens is 1. The van der Waals surface area contributed by atoms with Crippen molar-refractivity contribution in [3.8, 4) is 11.3 Å². The van der Waals surface area contributed by atoms with Gasteiger partial charge in [0.1, 0.15) is 5.82 Å². The molecule has 0 amide bonds. The zero-order valence-electron chi connectivity index (χ0n) is 17.7. The fourth-order valence-electron chi connectivity index (χ4n) is 5.78. The van der Waals surface area contributed by atoms with Crippen LogP contribution in [-0.2, 0) is 5.54 Å². The lowest BCUT2D eigenvalue weighted by Gasteiger charge is -2.29. The number of imidazole rings is 1. The van der Waals surface area contributed by atoms with E-state index in [9.17, 15) is 4.79 Å². The van der Waals surface area contributed by atoms with Crippen molar-refractivity contribution in [2.75, 3.05) is 0 Å². The Labute approximate surface area is 178 Å². The van der Waals surface area contributed by atoms with E-state index in [1.807, 2.05) is 44.4 Å². The van der Waals surface area contributed by atoms with Gasteiger partial charge < -0.3 is 10.3 Å². The van der Waals surface area contributed by atoms with E-state index in [2.05, 4.69) is 10.1 Å². The highest BCUT2D eigenvalue weighted by Gasteiger charge is 2.53. The standard InChI is InChI=1S/C24H24FN5O/c1-14-9-19(28-30-12-15(2)27-21(14)30)17-10-16-3-8-29(22(31)20(16)18(25)11-17)24-6-4-23(26,13-24)5-7-24/h3,8-12H,4-7,13,26H2,1-2H3. The maximum atomic E-state index is 15.3. The maximum Gasteiger partial charge on any atom is 0.261 e. The van der Waals surface area contributed by atoms with Gasteiger partial charge in [0.25, 0.3) is 5.56 Å². The quantitative estimate of drug-likeness (QED) is 0.538. The monoisotopic (exact) mass is 417 g/mol. The third-order valence-corrected chi connectivity index (χ3v) is 7.35. The maximum absolute atomic E-state index is 15.3. The summed E-state index contributed by atoms with van der Waals surface area (Å²) in [4.78, 5) is 17.8. The Hall–Kier alpha value is -3.06. The van der Waals surface area contributed by atoms with Crippen molar-refractivity contribution in [2.24, 2.45) is 5.73 Å². The van der Waals surface area contributed by atoms with E-state index in [1.54, 1.807) is 9.08 Å². The third-order valence-electron chi connectivity index (χ3n) is 7.35. The fourth-order valence-corrected chi connectivity index (χ4v) is 5.78. The number of nitrogens with zero attached hydrogens (tertiary/aromatic N) is 4. The summed E-state index contributed by atoms with van der Waals surface area (Å²) in [6.07, 6.45) is 8.05. The summed E-state index contributed by atoms with van der Waals surface area (Å²) in [5, 5.41) is 5.33. The van der Waals surface area contributed by atoms with E-state index < -0.39 is 5.82 Å². The van der Waals surface area contributed by atoms with Crippen LogP contribution in [0.5, 0.6) is 0 Å². The Bertz CT molecular complexity index is 1440. The van der Waals surface area contributed by atoms with Gasteiger partial charge in [0.05, 0.1) is 23.0 Å². The summed E-state index contributed by atoms with van der Waals surface area (Å²) >= 11 is 0. The molecule has 0 radical (unpaired) electrons. The van der Waals surface area contributed by atoms with Gasteiger partial charge in [-0.15, -0.1) is 0 Å². The molecule has 158 valence electrons. The molecule has 0 spiro atoms. The van der Waals surface area contributed by atoms with Crippen LogP contribution in [0.15, 0.2) is 41.5 Å². The minimum atomic E-state index is -0.514. The predicted octanol–water partition coefficient (Wildman–Crippen LogP) is 3.84. The van der Waals surface area contributed by atoms with Crippen LogP contribution < -0.4 is 11.3 Å². The highest BCUT2D eigenvalue weighted by Crippen LogP contribution is 2.53. The Morgan fingerprint density at radius 2 is 1.90 bits per heavy atom. The molecule has 2 fully saturated rings. The van der Waals surface area contributed by atoms with Crippen molar-refractivity contribution in [1.82, 2.24) is 19.2 Å². The molecular formula is C24H24FN5O. The summed E-state index contributed by atoms with van der Waals surface area (Å²) in [5.74, 6) is -0.514. The molecule has 1 aromatic carbocycles. The first-order valence-corrected chi connectivity index (χ1v) is 10.8. The molecular weight excluding hydrogens is 393 g/mol. The molecule has 0 saturated heterocycles. The lowest BCUT2D eigenvalue weighted by atomic mass is 9.91. The third kappa shape index (κ3) is 2.62. The smallest absolute Gasteiger partial charge is 0.261 e. The number of pyridine rings is 1. The molecule has 0 atom stereocenters. The molecule has 3 heterocycles. The topological polar surface area (TPSA) is 78.2 Å². The second kappa shape index (κ2) is 6.01. The highest BCUT2D eigenvalue weighted by molar-refractivity contribution is 5.87. The van der Waals surface area contributed by atoms with Crippen LogP contribution in [0.25, 0.3) is 27.7 Å². The van der Waals surface area contributed by atoms with Crippen LogP contribution in [0.1, 0.15) is 43.4 Å². The summed E-state index contributed by atoms with van der Waals surface area (Å²) in [6.45, 7) is 3.88. The van der Waals surface area contributed by atoms with Gasteiger partial charge in [0, 0.05) is 22.8 Å². The van der Waals surface area contributed by atoms with Crippen LogP contribution in [0.2, 0.25) is 0 Å². The number of rotatable bonds is 2. The SMILES string of the molecule is Cc1cn2nc(-c3cc(F)c4c(=O)n(C56CCC(N)(CC5)C6)ccc4c3)cc(C)c2n1. The number of aryl methyl sites for hydroxylation is 2. The molecule has 2 aliphatic carbocycles. The highest BCUT2D eigenvalue weighted by atomic mass is 19.1. The molecule has 0 unspecified atom stereocenters. The average Bonchev–Trinajstić information content (AvgIpc) is 3.37. The molecule has 2 saturated carbocycles. The van der Waals surface area contributed by atoms with Crippen molar-refractivity contribution in [3.63, 3.8) is 0 Å². The minimum absolute atomic E-state index is 0.137. The summed E-state index contributed by atoms with van der Waals surface area (Å²) in [6, 6.07) is 7.01. The van der Waals surface area contributed by atoms with Crippen LogP contribution in [0, 0.1) is 19.7 Å². The predicted molar refractivity (Wildman–Crippen MR) is 118 cm³/mol. The molecule has 3 aromatic heterocycles. The molecule has 31 heavy (non-hydrogen) atoms. The normalized spacial score (nSPS) is 25.2. The molecule has 2 aliphatic rings. The number of hydrogen-bond donors (Lipinski definition) is 1. The van der Waals surface area contributed by atoms with E-state index >= 15 is 4.39 Å². The largest absolute Gasteiger partial charge is 0.325 e. The fraction of sp³-hybridized carbons (Fsp3) is 0.375. The van der Waals surface area contributed by atoms with E-state index in [0.717, 1.165) is 49.0 Å². The first kappa shape index (κ1) is 18.7. The van der Waals surface area contributed by atoms with Gasteiger partial charge in [-0.25, -0.2) is 13.9 Å². The zero-order valence-corrected chi connectivity index (χ0v) is 17.7. The summed E-state index contributed by atoms with van der Waals surface area (Å²) < 4.78 is 18.8. The molecule has 2 bridgehead atoms. The average molecular weight is 417 g/mol. The van der Waals surface area contributed by atoms with Crippen LogP contribution in [-0.4, -0.2) is 24.7 Å². The van der Waals surface area contributed by atoms with Gasteiger partial charge in [0.2, 0.25) is 0 Å². The molecule has 0 aliphatic heterocycles. The number of fused-ring (bicyclic) bond motifs is 4. The molecule has 7 heteroatoms. The van der Waals surface area contributed by atoms with E-state index in [1.165, 1.54) is 6.07 Å². The number of benzene rings is 1. The van der Waals surface area contributed by atoms with Gasteiger partial charge in [-0.3, -0.25) is 4.79 Å². The van der Waals surface area contributed by atoms with E-state index in [-0.39, 0.29) is 22.0 Å². The lowest BCUT2D eigenvalue weighted by molar-refractivity contribution is 0.283. The minimum Gasteiger partial charge on any atom is -0.325 e. The van der Waals surface area contributed by atoms with Crippen molar-refractivity contribution in [3.05, 3.63) is 64.1 Å². The van der Waals surface area contributed by atoms with Gasteiger partial charge >= 0.3 is 0 Å². The number of aromatic nitrogens is 4. The second-order valence-electron chi connectivity index (χ2n) is 9.54. The Morgan fingerprint density at radius 3 is 2.61 bits per heavy atom. The van der Waals surface area contributed by atoms with Gasteiger partial charge in [-0.1, -0.05) is 0 Å². The lowest BCUT2D eigenvalue weighted by Crippen LogP contribution is -2.37. The Kier molecular flexibility index (Phi) is 3.62. The Morgan fingerprint density at radius 1 is 1.13 bits per heavy atom. The van der Waals surface area contributed by atoms with Crippen molar-refractivity contribution in [2.45, 2.75) is 57.0 Å². The molecule has 4 aromatic rings. The van der Waals surface area contributed by atoms with E-state index in [0.29, 0.717) is 16.6 Å². The number of hydrogen-bond acceptors (Lipinski definition) is 4. The Balaban J connectivity index is 1.50. The second-order valence-corrected chi connectivity index (χ2v) is 9.54. The van der Waals surface area contributed by atoms with Crippen LogP contribution >= 0.6 is 0 Å². The first-order chi connectivity index (χ1) is 14.8. The van der Waals surface area contributed by atoms with Gasteiger partial charge in [-0.2, -0.15) is 5.10 Å². The molecule has 2 N–H and O–H groups in total. The number of nitrogens with two attached hydrogens (primary N) is 1. The van der Waals surface area contributed by atoms with Crippen molar-refractivity contribution < 1.29 is 4.39 Å². The molecule has 6 nitrogen and oxygen atoms in total. The van der Waals surface area contributed by atoms with Crippen LogP contribution in [0.4, 0.5) is 4.39 Å². The van der Waals surface area contributed by atoms with Crippen molar-refractivity contribution in [1.29, 1.82) is 0 Å². The van der Waals surface area contributed by atoms with Gasteiger partial charge in [-0.05, 0) is 81.2 Å². The summed E-state index contributed by atoms with van der Waals surface area (Å²) in [5.41, 5.74) is 9.64. The van der Waals surface area contributed by atoms with Crippen LogP contribution in [0.3, 0.4) is 0 Å². The zero-order chi connectivity index (χ0) is 21.5. The summed E-state index contributed by atoms with van der Waals surface area (Å²) in [7, 11) is 0.